The highest BCUT2D eigenvalue weighted by atomic mass is 19.1. The standard InChI is InChI=1S/C14H14FN3O2/c1-9-7-12(20-17-9)11-3-2-6-18(11)14(19)10-4-5-13(15)16-8-10/h4-5,7-8,11H,2-3,6H2,1H3. The molecule has 1 atom stereocenters. The number of nitrogens with zero attached hydrogens (tertiary/aromatic N) is 3. The third-order valence-corrected chi connectivity index (χ3v) is 3.46. The van der Waals surface area contributed by atoms with Crippen LogP contribution in [0, 0.1) is 12.9 Å². The highest BCUT2D eigenvalue weighted by Crippen LogP contribution is 2.33. The van der Waals surface area contributed by atoms with Crippen LogP contribution in [-0.4, -0.2) is 27.5 Å². The number of aryl methyl sites for hydroxylation is 1. The largest absolute Gasteiger partial charge is 0.359 e. The Kier molecular flexibility index (Phi) is 3.22. The molecule has 0 aliphatic carbocycles. The molecule has 3 rings (SSSR count). The first-order valence-corrected chi connectivity index (χ1v) is 6.51. The Hall–Kier alpha value is -2.24. The topological polar surface area (TPSA) is 59.2 Å². The third kappa shape index (κ3) is 2.29. The monoisotopic (exact) mass is 275 g/mol. The van der Waals surface area contributed by atoms with Crippen molar-refractivity contribution in [3.63, 3.8) is 0 Å². The van der Waals surface area contributed by atoms with Gasteiger partial charge in [0.15, 0.2) is 5.76 Å². The van der Waals surface area contributed by atoms with E-state index in [0.717, 1.165) is 18.5 Å². The van der Waals surface area contributed by atoms with E-state index in [0.29, 0.717) is 17.9 Å². The molecule has 2 aromatic heterocycles. The van der Waals surface area contributed by atoms with Crippen LogP contribution in [0.15, 0.2) is 28.9 Å². The van der Waals surface area contributed by atoms with Crippen LogP contribution in [0.3, 0.4) is 0 Å². The molecule has 1 unspecified atom stereocenters. The Morgan fingerprint density at radius 2 is 2.35 bits per heavy atom. The van der Waals surface area contributed by atoms with Crippen molar-refractivity contribution in [1.29, 1.82) is 0 Å². The Morgan fingerprint density at radius 1 is 1.50 bits per heavy atom. The van der Waals surface area contributed by atoms with E-state index in [1.54, 1.807) is 4.90 Å². The molecule has 0 N–H and O–H groups in total. The van der Waals surface area contributed by atoms with Crippen LogP contribution in [-0.2, 0) is 0 Å². The number of pyridine rings is 1. The minimum Gasteiger partial charge on any atom is -0.359 e. The third-order valence-electron chi connectivity index (χ3n) is 3.46. The summed E-state index contributed by atoms with van der Waals surface area (Å²) in [7, 11) is 0. The quantitative estimate of drug-likeness (QED) is 0.790. The molecule has 1 saturated heterocycles. The van der Waals surface area contributed by atoms with E-state index >= 15 is 0 Å². The van der Waals surface area contributed by atoms with Crippen molar-refractivity contribution >= 4 is 5.91 Å². The Bertz CT molecular complexity index is 624. The summed E-state index contributed by atoms with van der Waals surface area (Å²) in [6, 6.07) is 4.38. The van der Waals surface area contributed by atoms with E-state index < -0.39 is 5.95 Å². The Morgan fingerprint density at radius 3 is 3.00 bits per heavy atom. The van der Waals surface area contributed by atoms with Gasteiger partial charge in [0.05, 0.1) is 17.3 Å². The summed E-state index contributed by atoms with van der Waals surface area (Å²) >= 11 is 0. The van der Waals surface area contributed by atoms with Gasteiger partial charge in [0, 0.05) is 18.8 Å². The molecule has 1 aliphatic rings. The van der Waals surface area contributed by atoms with Crippen molar-refractivity contribution in [3.8, 4) is 0 Å². The van der Waals surface area contributed by atoms with Gasteiger partial charge >= 0.3 is 0 Å². The molecule has 20 heavy (non-hydrogen) atoms. The van der Waals surface area contributed by atoms with Crippen molar-refractivity contribution in [2.45, 2.75) is 25.8 Å². The zero-order valence-electron chi connectivity index (χ0n) is 11.0. The number of amides is 1. The molecule has 104 valence electrons. The molecule has 0 saturated carbocycles. The summed E-state index contributed by atoms with van der Waals surface area (Å²) < 4.78 is 18.1. The van der Waals surface area contributed by atoms with E-state index in [2.05, 4.69) is 10.1 Å². The van der Waals surface area contributed by atoms with E-state index in [-0.39, 0.29) is 11.9 Å². The van der Waals surface area contributed by atoms with Gasteiger partial charge in [-0.15, -0.1) is 0 Å². The highest BCUT2D eigenvalue weighted by molar-refractivity contribution is 5.94. The van der Waals surface area contributed by atoms with Gasteiger partial charge in [0.25, 0.3) is 5.91 Å². The maximum Gasteiger partial charge on any atom is 0.256 e. The van der Waals surface area contributed by atoms with Crippen LogP contribution in [0.2, 0.25) is 0 Å². The van der Waals surface area contributed by atoms with Crippen LogP contribution in [0.4, 0.5) is 4.39 Å². The predicted molar refractivity (Wildman–Crippen MR) is 68.4 cm³/mol. The maximum atomic E-state index is 12.8. The molecule has 5 nitrogen and oxygen atoms in total. The molecule has 0 spiro atoms. The number of hydrogen-bond donors (Lipinski definition) is 0. The lowest BCUT2D eigenvalue weighted by Gasteiger charge is -2.22. The van der Waals surface area contributed by atoms with E-state index in [1.807, 2.05) is 13.0 Å². The average Bonchev–Trinajstić information content (AvgIpc) is 3.07. The van der Waals surface area contributed by atoms with Crippen molar-refractivity contribution in [1.82, 2.24) is 15.0 Å². The lowest BCUT2D eigenvalue weighted by atomic mass is 10.1. The van der Waals surface area contributed by atoms with Crippen LogP contribution in [0.5, 0.6) is 0 Å². The average molecular weight is 275 g/mol. The molecule has 2 aromatic rings. The summed E-state index contributed by atoms with van der Waals surface area (Å²) in [4.78, 5) is 17.7. The number of rotatable bonds is 2. The van der Waals surface area contributed by atoms with Gasteiger partial charge in [-0.3, -0.25) is 4.79 Å². The molecule has 1 fully saturated rings. The van der Waals surface area contributed by atoms with Gasteiger partial charge < -0.3 is 9.42 Å². The van der Waals surface area contributed by atoms with Crippen LogP contribution in [0.1, 0.15) is 40.7 Å². The van der Waals surface area contributed by atoms with E-state index in [9.17, 15) is 9.18 Å². The molecule has 1 aliphatic heterocycles. The fourth-order valence-electron chi connectivity index (χ4n) is 2.51. The molecular formula is C14H14FN3O2. The molecule has 1 amide bonds. The number of likely N-dealkylation sites (tertiary alicyclic amines) is 1. The first-order valence-electron chi connectivity index (χ1n) is 6.51. The van der Waals surface area contributed by atoms with Crippen LogP contribution in [0.25, 0.3) is 0 Å². The fraction of sp³-hybridized carbons (Fsp3) is 0.357. The zero-order valence-corrected chi connectivity index (χ0v) is 11.0. The van der Waals surface area contributed by atoms with Crippen molar-refractivity contribution in [3.05, 3.63) is 47.4 Å². The predicted octanol–water partition coefficient (Wildman–Crippen LogP) is 2.49. The van der Waals surface area contributed by atoms with Crippen LogP contribution < -0.4 is 0 Å². The molecule has 6 heteroatoms. The van der Waals surface area contributed by atoms with E-state index in [1.165, 1.54) is 18.3 Å². The zero-order chi connectivity index (χ0) is 14.1. The highest BCUT2D eigenvalue weighted by Gasteiger charge is 2.33. The Labute approximate surface area is 115 Å². The summed E-state index contributed by atoms with van der Waals surface area (Å²) in [6.07, 6.45) is 3.01. The lowest BCUT2D eigenvalue weighted by molar-refractivity contribution is 0.0714. The number of hydrogen-bond acceptors (Lipinski definition) is 4. The Balaban J connectivity index is 1.85. The summed E-state index contributed by atoms with van der Waals surface area (Å²) in [5.74, 6) is -0.0529. The van der Waals surface area contributed by atoms with E-state index in [4.69, 9.17) is 4.52 Å². The first kappa shape index (κ1) is 12.8. The van der Waals surface area contributed by atoms with Crippen molar-refractivity contribution in [2.75, 3.05) is 6.54 Å². The minimum atomic E-state index is -0.592. The van der Waals surface area contributed by atoms with Gasteiger partial charge in [-0.05, 0) is 31.9 Å². The molecule has 3 heterocycles. The summed E-state index contributed by atoms with van der Waals surface area (Å²) in [5, 5.41) is 3.86. The molecule has 0 radical (unpaired) electrons. The second-order valence-corrected chi connectivity index (χ2v) is 4.90. The minimum absolute atomic E-state index is 0.103. The van der Waals surface area contributed by atoms with Gasteiger partial charge in [0.1, 0.15) is 0 Å². The number of aromatic nitrogens is 2. The SMILES string of the molecule is Cc1cc(C2CCCN2C(=O)c2ccc(F)nc2)on1. The molecular weight excluding hydrogens is 261 g/mol. The van der Waals surface area contributed by atoms with Gasteiger partial charge in [-0.25, -0.2) is 4.98 Å². The normalized spacial score (nSPS) is 18.5. The fourth-order valence-corrected chi connectivity index (χ4v) is 2.51. The summed E-state index contributed by atoms with van der Waals surface area (Å²) in [6.45, 7) is 2.50. The van der Waals surface area contributed by atoms with Gasteiger partial charge in [-0.2, -0.15) is 4.39 Å². The summed E-state index contributed by atoms with van der Waals surface area (Å²) in [5.41, 5.74) is 1.18. The number of carbonyl (C=O) groups excluding carboxylic acids is 1. The second kappa shape index (κ2) is 5.03. The molecule has 0 aromatic carbocycles. The van der Waals surface area contributed by atoms with Crippen LogP contribution >= 0.6 is 0 Å². The molecule has 0 bridgehead atoms. The number of halogens is 1. The van der Waals surface area contributed by atoms with Gasteiger partial charge in [-0.1, -0.05) is 5.16 Å². The first-order chi connectivity index (χ1) is 9.65. The maximum absolute atomic E-state index is 12.8. The lowest BCUT2D eigenvalue weighted by Crippen LogP contribution is -2.30. The number of carbonyl (C=O) groups is 1. The smallest absolute Gasteiger partial charge is 0.256 e. The second-order valence-electron chi connectivity index (χ2n) is 4.90. The van der Waals surface area contributed by atoms with Crippen molar-refractivity contribution in [2.24, 2.45) is 0 Å². The van der Waals surface area contributed by atoms with Crippen molar-refractivity contribution < 1.29 is 13.7 Å². The van der Waals surface area contributed by atoms with Gasteiger partial charge in [0.2, 0.25) is 5.95 Å².